The molecule has 0 saturated carbocycles. The molecule has 0 saturated heterocycles. The van der Waals surface area contributed by atoms with Crippen molar-refractivity contribution in [1.29, 1.82) is 10.5 Å². The number of halogens is 1. The average Bonchev–Trinajstić information content (AvgIpc) is 3.45. The molecule has 0 bridgehead atoms. The summed E-state index contributed by atoms with van der Waals surface area (Å²) in [6, 6.07) is 8.06. The summed E-state index contributed by atoms with van der Waals surface area (Å²) in [5.74, 6) is -0.750. The van der Waals surface area contributed by atoms with E-state index in [1.807, 2.05) is 19.1 Å². The van der Waals surface area contributed by atoms with Crippen LogP contribution in [0.4, 0.5) is 4.39 Å². The second kappa shape index (κ2) is 9.00. The molecule has 0 amide bonds. The molecule has 37 heavy (non-hydrogen) atoms. The fraction of sp³-hybridized carbons (Fsp3) is 0.200. The van der Waals surface area contributed by atoms with Gasteiger partial charge < -0.3 is 4.74 Å². The highest BCUT2D eigenvalue weighted by Crippen LogP contribution is 2.37. The summed E-state index contributed by atoms with van der Waals surface area (Å²) in [6.07, 6.45) is 3.02. The molecule has 0 fully saturated rings. The number of nitriles is 2. The van der Waals surface area contributed by atoms with E-state index in [1.54, 1.807) is 24.0 Å². The largest absolute Gasteiger partial charge is 0.494 e. The molecule has 0 unspecified atom stereocenters. The lowest BCUT2D eigenvalue weighted by Crippen LogP contribution is -2.38. The molecule has 0 spiro atoms. The van der Waals surface area contributed by atoms with Crippen LogP contribution in [0.25, 0.3) is 37.2 Å². The van der Waals surface area contributed by atoms with Crippen LogP contribution in [0.15, 0.2) is 40.2 Å². The van der Waals surface area contributed by atoms with Gasteiger partial charge in [0, 0.05) is 29.7 Å². The molecule has 4 aromatic heterocycles. The van der Waals surface area contributed by atoms with E-state index in [4.69, 9.17) is 4.74 Å². The number of fused-ring (bicyclic) bond motifs is 2. The molecule has 0 radical (unpaired) electrons. The Labute approximate surface area is 212 Å². The van der Waals surface area contributed by atoms with E-state index in [1.165, 1.54) is 23.9 Å². The Morgan fingerprint density at radius 2 is 1.97 bits per heavy atom. The van der Waals surface area contributed by atoms with Crippen LogP contribution in [0.3, 0.4) is 0 Å². The molecule has 1 aromatic carbocycles. The number of benzene rings is 1. The number of aryl methyl sites for hydroxylation is 3. The van der Waals surface area contributed by atoms with Crippen molar-refractivity contribution in [3.63, 3.8) is 0 Å². The second-order valence-corrected chi connectivity index (χ2v) is 9.27. The van der Waals surface area contributed by atoms with Crippen molar-refractivity contribution in [2.24, 2.45) is 7.05 Å². The molecule has 0 atom stereocenters. The van der Waals surface area contributed by atoms with Gasteiger partial charge in [-0.1, -0.05) is 0 Å². The summed E-state index contributed by atoms with van der Waals surface area (Å²) >= 11 is 1.07. The van der Waals surface area contributed by atoms with Crippen molar-refractivity contribution < 1.29 is 9.13 Å². The summed E-state index contributed by atoms with van der Waals surface area (Å²) in [7, 11) is 3.07. The number of ether oxygens (including phenoxy) is 1. The van der Waals surface area contributed by atoms with Crippen LogP contribution in [0.1, 0.15) is 17.7 Å². The third-order valence-corrected chi connectivity index (χ3v) is 7.35. The van der Waals surface area contributed by atoms with E-state index in [9.17, 15) is 24.5 Å². The summed E-state index contributed by atoms with van der Waals surface area (Å²) in [4.78, 5) is 32.2. The first-order valence-electron chi connectivity index (χ1n) is 11.0. The normalized spacial score (nSPS) is 11.1. The van der Waals surface area contributed by atoms with Crippen LogP contribution in [0.5, 0.6) is 5.75 Å². The van der Waals surface area contributed by atoms with Crippen molar-refractivity contribution >= 4 is 32.5 Å². The molecule has 12 heteroatoms. The van der Waals surface area contributed by atoms with Gasteiger partial charge in [-0.15, -0.1) is 11.3 Å². The Hall–Kier alpha value is -4.81. The van der Waals surface area contributed by atoms with Crippen LogP contribution in [-0.4, -0.2) is 31.0 Å². The monoisotopic (exact) mass is 515 g/mol. The summed E-state index contributed by atoms with van der Waals surface area (Å²) in [5.41, 5.74) is 1.07. The molecule has 0 aliphatic carbocycles. The fourth-order valence-corrected chi connectivity index (χ4v) is 5.45. The van der Waals surface area contributed by atoms with E-state index in [2.05, 4.69) is 10.1 Å². The SMILES string of the molecule is COc1cc(-c2cc3c(s2)c(=O)n(-c2cncc4nn(C)c(C)c24)c(=O)n3CCC#N)c(C#N)cc1F. The van der Waals surface area contributed by atoms with E-state index < -0.39 is 17.1 Å². The lowest BCUT2D eigenvalue weighted by molar-refractivity contribution is 0.386. The van der Waals surface area contributed by atoms with Crippen molar-refractivity contribution in [3.8, 4) is 34.0 Å². The lowest BCUT2D eigenvalue weighted by atomic mass is 10.1. The molecule has 5 aromatic rings. The molecular weight excluding hydrogens is 497 g/mol. The third-order valence-electron chi connectivity index (χ3n) is 6.20. The van der Waals surface area contributed by atoms with Gasteiger partial charge in [0.15, 0.2) is 11.6 Å². The van der Waals surface area contributed by atoms with Gasteiger partial charge >= 0.3 is 5.69 Å². The van der Waals surface area contributed by atoms with Crippen molar-refractivity contribution in [2.45, 2.75) is 19.9 Å². The summed E-state index contributed by atoms with van der Waals surface area (Å²) in [6.45, 7) is 1.86. The van der Waals surface area contributed by atoms with Gasteiger partial charge in [-0.25, -0.2) is 13.8 Å². The number of rotatable bonds is 5. The number of pyridine rings is 1. The van der Waals surface area contributed by atoms with Gasteiger partial charge in [-0.2, -0.15) is 15.6 Å². The van der Waals surface area contributed by atoms with Gasteiger partial charge in [-0.05, 0) is 25.1 Å². The Morgan fingerprint density at radius 1 is 1.19 bits per heavy atom. The molecular formula is C25H18FN7O3S. The molecule has 10 nitrogen and oxygen atoms in total. The van der Waals surface area contributed by atoms with Gasteiger partial charge in [0.25, 0.3) is 5.56 Å². The quantitative estimate of drug-likeness (QED) is 0.350. The maximum Gasteiger partial charge on any atom is 0.336 e. The first-order valence-corrected chi connectivity index (χ1v) is 11.8. The van der Waals surface area contributed by atoms with Crippen molar-refractivity contribution in [1.82, 2.24) is 23.9 Å². The number of hydrogen-bond acceptors (Lipinski definition) is 8. The highest BCUT2D eigenvalue weighted by atomic mass is 32.1. The number of nitrogens with zero attached hydrogens (tertiary/aromatic N) is 7. The zero-order valence-electron chi connectivity index (χ0n) is 19.9. The Bertz CT molecular complexity index is 1940. The molecule has 184 valence electrons. The highest BCUT2D eigenvalue weighted by Gasteiger charge is 2.22. The first kappa shape index (κ1) is 23.9. The van der Waals surface area contributed by atoms with Gasteiger partial charge in [0.05, 0.1) is 60.2 Å². The number of hydrogen-bond donors (Lipinski definition) is 0. The third kappa shape index (κ3) is 3.66. The summed E-state index contributed by atoms with van der Waals surface area (Å²) < 4.78 is 23.6. The minimum atomic E-state index is -0.690. The maximum absolute atomic E-state index is 14.2. The van der Waals surface area contributed by atoms with E-state index in [0.717, 1.165) is 27.7 Å². The molecule has 5 rings (SSSR count). The van der Waals surface area contributed by atoms with E-state index in [0.29, 0.717) is 26.9 Å². The standard InChI is InChI=1S/C25H18FN7O3S/c1-13-22-17(30-31(13)2)11-29-12-19(22)33-24(34)23-18(32(25(33)35)6-4-5-27)9-21(37-23)15-8-20(36-3)16(26)7-14(15)10-28/h7-9,11-12H,4,6H2,1-3H3. The molecule has 4 heterocycles. The van der Waals surface area contributed by atoms with Gasteiger partial charge in [0.1, 0.15) is 10.2 Å². The van der Waals surface area contributed by atoms with Crippen LogP contribution < -0.4 is 16.0 Å². The number of aromatic nitrogens is 5. The molecule has 0 aliphatic rings. The lowest BCUT2D eigenvalue weighted by Gasteiger charge is -2.11. The smallest absolute Gasteiger partial charge is 0.336 e. The van der Waals surface area contributed by atoms with Gasteiger partial charge in [0.2, 0.25) is 0 Å². The average molecular weight is 516 g/mol. The molecule has 0 N–H and O–H groups in total. The fourth-order valence-electron chi connectivity index (χ4n) is 4.33. The minimum Gasteiger partial charge on any atom is -0.494 e. The van der Waals surface area contributed by atoms with Crippen LogP contribution in [0, 0.1) is 35.4 Å². The first-order chi connectivity index (χ1) is 17.8. The van der Waals surface area contributed by atoms with Crippen LogP contribution in [0.2, 0.25) is 0 Å². The maximum atomic E-state index is 14.2. The van der Waals surface area contributed by atoms with Crippen LogP contribution in [-0.2, 0) is 13.6 Å². The minimum absolute atomic E-state index is 0.0284. The van der Waals surface area contributed by atoms with E-state index in [-0.39, 0.29) is 34.7 Å². The number of thiophene rings is 1. The highest BCUT2D eigenvalue weighted by molar-refractivity contribution is 7.22. The Morgan fingerprint density at radius 3 is 2.68 bits per heavy atom. The Kier molecular flexibility index (Phi) is 5.82. The predicted octanol–water partition coefficient (Wildman–Crippen LogP) is 3.40. The van der Waals surface area contributed by atoms with E-state index >= 15 is 0 Å². The van der Waals surface area contributed by atoms with Gasteiger partial charge in [-0.3, -0.25) is 19.0 Å². The van der Waals surface area contributed by atoms with Crippen LogP contribution >= 0.6 is 11.3 Å². The second-order valence-electron chi connectivity index (χ2n) is 8.21. The zero-order valence-corrected chi connectivity index (χ0v) is 20.8. The topological polar surface area (TPSA) is 132 Å². The Balaban J connectivity index is 1.87. The predicted molar refractivity (Wildman–Crippen MR) is 135 cm³/mol. The van der Waals surface area contributed by atoms with Crippen molar-refractivity contribution in [2.75, 3.05) is 7.11 Å². The number of methoxy groups -OCH3 is 1. The zero-order chi connectivity index (χ0) is 26.4. The molecule has 0 aliphatic heterocycles. The van der Waals surface area contributed by atoms with Crippen molar-refractivity contribution in [3.05, 3.63) is 68.5 Å². The summed E-state index contributed by atoms with van der Waals surface area (Å²) in [5, 5.41) is 23.8.